The van der Waals surface area contributed by atoms with Crippen LogP contribution in [0.3, 0.4) is 0 Å². The van der Waals surface area contributed by atoms with Gasteiger partial charge in [-0.25, -0.2) is 8.42 Å². The molecule has 2 amide bonds. The van der Waals surface area contributed by atoms with Gasteiger partial charge in [0, 0.05) is 18.1 Å². The van der Waals surface area contributed by atoms with Crippen LogP contribution < -0.4 is 9.62 Å². The van der Waals surface area contributed by atoms with Crippen molar-refractivity contribution >= 4 is 62.3 Å². The lowest BCUT2D eigenvalue weighted by atomic mass is 10.1. The number of rotatable bonds is 10. The summed E-state index contributed by atoms with van der Waals surface area (Å²) in [6.45, 7) is 5.27. The van der Waals surface area contributed by atoms with Gasteiger partial charge in [0.25, 0.3) is 0 Å². The first kappa shape index (κ1) is 28.2. The fourth-order valence-corrected chi connectivity index (χ4v) is 4.50. The summed E-state index contributed by atoms with van der Waals surface area (Å²) in [6.07, 6.45) is 1.74. The molecule has 0 radical (unpaired) electrons. The van der Waals surface area contributed by atoms with E-state index >= 15 is 0 Å². The molecule has 0 aromatic heterocycles. The summed E-state index contributed by atoms with van der Waals surface area (Å²) in [5, 5.41) is 3.81. The van der Waals surface area contributed by atoms with Gasteiger partial charge in [0.15, 0.2) is 0 Å². The molecule has 7 nitrogen and oxygen atoms in total. The molecule has 0 aliphatic heterocycles. The zero-order valence-corrected chi connectivity index (χ0v) is 22.5. The normalized spacial score (nSPS) is 12.2. The minimum Gasteiger partial charge on any atom is -0.354 e. The number of halogens is 3. The average molecular weight is 549 g/mol. The van der Waals surface area contributed by atoms with Crippen molar-refractivity contribution in [3.63, 3.8) is 0 Å². The minimum atomic E-state index is -3.83. The predicted octanol–water partition coefficient (Wildman–Crippen LogP) is 4.66. The van der Waals surface area contributed by atoms with E-state index in [4.69, 9.17) is 34.8 Å². The molecule has 2 rings (SSSR count). The van der Waals surface area contributed by atoms with Crippen LogP contribution in [0.25, 0.3) is 0 Å². The molecule has 0 spiro atoms. The van der Waals surface area contributed by atoms with Crippen LogP contribution in [-0.2, 0) is 26.2 Å². The van der Waals surface area contributed by atoms with Crippen LogP contribution in [0, 0.1) is 6.92 Å². The lowest BCUT2D eigenvalue weighted by molar-refractivity contribution is -0.139. The van der Waals surface area contributed by atoms with E-state index in [-0.39, 0.29) is 18.1 Å². The first-order chi connectivity index (χ1) is 15.8. The summed E-state index contributed by atoms with van der Waals surface area (Å²) in [5.74, 6) is -0.910. The zero-order valence-electron chi connectivity index (χ0n) is 19.4. The fourth-order valence-electron chi connectivity index (χ4n) is 3.16. The summed E-state index contributed by atoms with van der Waals surface area (Å²) in [7, 11) is -3.83. The number of anilines is 1. The van der Waals surface area contributed by atoms with Crippen molar-refractivity contribution in [2.45, 2.75) is 39.8 Å². The Bertz CT molecular complexity index is 1160. The molecule has 0 aliphatic carbocycles. The fraction of sp³-hybridized carbons (Fsp3) is 0.391. The largest absolute Gasteiger partial charge is 0.354 e. The molecule has 2 aromatic carbocycles. The smallest absolute Gasteiger partial charge is 0.244 e. The molecule has 0 saturated heterocycles. The molecule has 2 aromatic rings. The number of carbonyl (C=O) groups is 2. The van der Waals surface area contributed by atoms with Crippen LogP contribution in [0.1, 0.15) is 31.4 Å². The van der Waals surface area contributed by atoms with Crippen molar-refractivity contribution < 1.29 is 18.0 Å². The number of hydrogen-bond donors (Lipinski definition) is 1. The Kier molecular flexibility index (Phi) is 10.1. The van der Waals surface area contributed by atoms with Crippen LogP contribution in [0.4, 0.5) is 5.69 Å². The van der Waals surface area contributed by atoms with Gasteiger partial charge in [-0.3, -0.25) is 13.9 Å². The Balaban J connectivity index is 2.41. The number of aryl methyl sites for hydroxylation is 1. The van der Waals surface area contributed by atoms with Gasteiger partial charge in [0.1, 0.15) is 12.6 Å². The number of amides is 2. The zero-order chi connectivity index (χ0) is 25.6. The highest BCUT2D eigenvalue weighted by Crippen LogP contribution is 2.26. The second kappa shape index (κ2) is 12.1. The Morgan fingerprint density at radius 3 is 2.26 bits per heavy atom. The van der Waals surface area contributed by atoms with Gasteiger partial charge in [-0.05, 0) is 55.7 Å². The van der Waals surface area contributed by atoms with E-state index in [1.54, 1.807) is 44.2 Å². The maximum absolute atomic E-state index is 13.4. The quantitative estimate of drug-likeness (QED) is 0.468. The Hall–Kier alpha value is -2.00. The molecule has 0 fully saturated rings. The number of hydrogen-bond acceptors (Lipinski definition) is 4. The first-order valence-electron chi connectivity index (χ1n) is 10.6. The number of nitrogens with one attached hydrogen (secondary N) is 1. The van der Waals surface area contributed by atoms with Crippen molar-refractivity contribution in [1.29, 1.82) is 0 Å². The molecule has 0 heterocycles. The second-order valence-electron chi connectivity index (χ2n) is 7.94. The Labute approximate surface area is 216 Å². The number of nitrogens with zero attached hydrogens (tertiary/aromatic N) is 2. The molecular weight excluding hydrogens is 521 g/mol. The highest BCUT2D eigenvalue weighted by Gasteiger charge is 2.30. The predicted molar refractivity (Wildman–Crippen MR) is 138 cm³/mol. The van der Waals surface area contributed by atoms with Crippen LogP contribution in [0.2, 0.25) is 15.1 Å². The van der Waals surface area contributed by atoms with Gasteiger partial charge < -0.3 is 10.2 Å². The highest BCUT2D eigenvalue weighted by molar-refractivity contribution is 7.92. The van der Waals surface area contributed by atoms with Gasteiger partial charge in [0.2, 0.25) is 21.8 Å². The minimum absolute atomic E-state index is 0.0304. The summed E-state index contributed by atoms with van der Waals surface area (Å²) in [5.41, 5.74) is 1.67. The summed E-state index contributed by atoms with van der Waals surface area (Å²) >= 11 is 18.3. The lowest BCUT2D eigenvalue weighted by Crippen LogP contribution is -2.51. The summed E-state index contributed by atoms with van der Waals surface area (Å²) in [4.78, 5) is 27.5. The highest BCUT2D eigenvalue weighted by atomic mass is 35.5. The van der Waals surface area contributed by atoms with Crippen molar-refractivity contribution in [1.82, 2.24) is 10.2 Å². The molecule has 1 atom stereocenters. The van der Waals surface area contributed by atoms with Crippen LogP contribution in [-0.4, -0.2) is 50.5 Å². The molecular formula is C23H28Cl3N3O4S. The van der Waals surface area contributed by atoms with E-state index in [9.17, 15) is 18.0 Å². The van der Waals surface area contributed by atoms with E-state index in [1.807, 2.05) is 6.92 Å². The Morgan fingerprint density at radius 2 is 1.71 bits per heavy atom. The topological polar surface area (TPSA) is 86.8 Å². The SMILES string of the molecule is CCCNC(=O)C(C)N(Cc1ccc(Cl)c(Cl)c1)C(=O)CN(c1ccc(C)c(Cl)c1)S(C)(=O)=O. The molecule has 34 heavy (non-hydrogen) atoms. The van der Waals surface area contributed by atoms with Crippen LogP contribution in [0.15, 0.2) is 36.4 Å². The van der Waals surface area contributed by atoms with Crippen LogP contribution in [0.5, 0.6) is 0 Å². The van der Waals surface area contributed by atoms with E-state index in [1.165, 1.54) is 11.0 Å². The third-order valence-electron chi connectivity index (χ3n) is 5.18. The molecule has 1 N–H and O–H groups in total. The van der Waals surface area contributed by atoms with Crippen molar-refractivity contribution in [2.75, 3.05) is 23.7 Å². The monoisotopic (exact) mass is 547 g/mol. The lowest BCUT2D eigenvalue weighted by Gasteiger charge is -2.31. The van der Waals surface area contributed by atoms with E-state index in [0.29, 0.717) is 27.2 Å². The maximum atomic E-state index is 13.4. The summed E-state index contributed by atoms with van der Waals surface area (Å²) < 4.78 is 26.1. The molecule has 11 heteroatoms. The Morgan fingerprint density at radius 1 is 1.03 bits per heavy atom. The van der Waals surface area contributed by atoms with E-state index in [0.717, 1.165) is 22.5 Å². The van der Waals surface area contributed by atoms with Gasteiger partial charge in [-0.15, -0.1) is 0 Å². The molecule has 186 valence electrons. The molecule has 0 saturated carbocycles. The average Bonchev–Trinajstić information content (AvgIpc) is 2.77. The maximum Gasteiger partial charge on any atom is 0.244 e. The molecule has 1 unspecified atom stereocenters. The van der Waals surface area contributed by atoms with Crippen molar-refractivity contribution in [3.05, 3.63) is 62.6 Å². The summed E-state index contributed by atoms with van der Waals surface area (Å²) in [6, 6.07) is 8.78. The van der Waals surface area contributed by atoms with Gasteiger partial charge in [-0.2, -0.15) is 0 Å². The van der Waals surface area contributed by atoms with Crippen molar-refractivity contribution in [2.24, 2.45) is 0 Å². The standard InChI is InChI=1S/C23H28Cl3N3O4S/c1-5-10-27-23(31)16(3)28(13-17-7-9-19(24)21(26)11-17)22(30)14-29(34(4,32)33)18-8-6-15(2)20(25)12-18/h6-9,11-12,16H,5,10,13-14H2,1-4H3,(H,27,31). The van der Waals surface area contributed by atoms with Crippen molar-refractivity contribution in [3.8, 4) is 0 Å². The van der Waals surface area contributed by atoms with Gasteiger partial charge in [-0.1, -0.05) is 53.9 Å². The van der Waals surface area contributed by atoms with E-state index < -0.39 is 28.5 Å². The third kappa shape index (κ3) is 7.50. The number of carbonyl (C=O) groups excluding carboxylic acids is 2. The molecule has 0 bridgehead atoms. The van der Waals surface area contributed by atoms with Gasteiger partial charge in [0.05, 0.1) is 22.0 Å². The number of benzene rings is 2. The molecule has 0 aliphatic rings. The van der Waals surface area contributed by atoms with Crippen LogP contribution >= 0.6 is 34.8 Å². The number of sulfonamides is 1. The third-order valence-corrected chi connectivity index (χ3v) is 7.46. The van der Waals surface area contributed by atoms with Gasteiger partial charge >= 0.3 is 0 Å². The second-order valence-corrected chi connectivity index (χ2v) is 11.1. The first-order valence-corrected chi connectivity index (χ1v) is 13.6. The van der Waals surface area contributed by atoms with E-state index in [2.05, 4.69) is 5.32 Å².